The highest BCUT2D eigenvalue weighted by molar-refractivity contribution is 6.13. The van der Waals surface area contributed by atoms with Crippen LogP contribution in [-0.2, 0) is 0 Å². The molecule has 10 nitrogen and oxygen atoms in total. The zero-order valence-corrected chi connectivity index (χ0v) is 17.9. The number of furan rings is 1. The summed E-state index contributed by atoms with van der Waals surface area (Å²) in [7, 11) is 0. The number of amides is 1. The molecule has 1 amide bonds. The Morgan fingerprint density at radius 2 is 1.94 bits per heavy atom. The van der Waals surface area contributed by atoms with Crippen LogP contribution >= 0.6 is 0 Å². The van der Waals surface area contributed by atoms with Gasteiger partial charge in [-0.3, -0.25) is 4.79 Å². The number of rotatable bonds is 4. The number of carbonyl (C=O) groups is 1. The first-order valence-electron chi connectivity index (χ1n) is 9.92. The number of aromatic nitrogens is 6. The van der Waals surface area contributed by atoms with Gasteiger partial charge in [0.15, 0.2) is 5.82 Å². The fourth-order valence-electron chi connectivity index (χ4n) is 3.68. The molecule has 0 radical (unpaired) electrons. The molecule has 1 aromatic carbocycles. The van der Waals surface area contributed by atoms with Crippen molar-refractivity contribution < 1.29 is 13.7 Å². The van der Waals surface area contributed by atoms with Crippen molar-refractivity contribution in [3.8, 4) is 16.9 Å². The molecule has 0 saturated carbocycles. The van der Waals surface area contributed by atoms with E-state index in [0.717, 1.165) is 17.0 Å². The van der Waals surface area contributed by atoms with Crippen molar-refractivity contribution in [1.82, 2.24) is 30.3 Å². The van der Waals surface area contributed by atoms with E-state index < -0.39 is 0 Å². The molecule has 4 heterocycles. The smallest absolute Gasteiger partial charge is 0.259 e. The average Bonchev–Trinajstić information content (AvgIpc) is 3.46. The average molecular weight is 429 g/mol. The van der Waals surface area contributed by atoms with Crippen molar-refractivity contribution in [3.05, 3.63) is 65.0 Å². The quantitative estimate of drug-likeness (QED) is 0.455. The maximum Gasteiger partial charge on any atom is 0.259 e. The third kappa shape index (κ3) is 3.31. The minimum atomic E-state index is -0.312. The third-order valence-electron chi connectivity index (χ3n) is 5.15. The summed E-state index contributed by atoms with van der Waals surface area (Å²) < 4.78 is 12.6. The molecule has 0 saturated heterocycles. The van der Waals surface area contributed by atoms with Gasteiger partial charge in [-0.2, -0.15) is 4.68 Å². The van der Waals surface area contributed by atoms with E-state index >= 15 is 0 Å². The number of fused-ring (bicyclic) bond motifs is 1. The van der Waals surface area contributed by atoms with Crippen LogP contribution in [0.4, 0.5) is 5.69 Å². The number of anilines is 1. The maximum atomic E-state index is 13.3. The second-order valence-corrected chi connectivity index (χ2v) is 7.47. The SMILES string of the molecule is Cc1cc(-c2cc(C(=O)Nc3cccc(-n4nnnc4C)c3)c3c(C)noc3n2)c(C)o1. The summed E-state index contributed by atoms with van der Waals surface area (Å²) in [5.74, 6) is 1.79. The van der Waals surface area contributed by atoms with E-state index in [9.17, 15) is 4.79 Å². The van der Waals surface area contributed by atoms with Crippen molar-refractivity contribution in [3.63, 3.8) is 0 Å². The topological polar surface area (TPSA) is 125 Å². The van der Waals surface area contributed by atoms with Crippen molar-refractivity contribution >= 4 is 22.7 Å². The lowest BCUT2D eigenvalue weighted by molar-refractivity contribution is 0.102. The number of nitrogens with one attached hydrogen (secondary N) is 1. The molecule has 0 spiro atoms. The van der Waals surface area contributed by atoms with E-state index in [1.165, 1.54) is 0 Å². The van der Waals surface area contributed by atoms with Gasteiger partial charge in [-0.15, -0.1) is 5.10 Å². The van der Waals surface area contributed by atoms with Crippen LogP contribution in [0.2, 0.25) is 0 Å². The van der Waals surface area contributed by atoms with Gasteiger partial charge in [0.05, 0.1) is 28.0 Å². The summed E-state index contributed by atoms with van der Waals surface area (Å²) in [5, 5.41) is 19.0. The number of carbonyl (C=O) groups excluding carboxylic acids is 1. The largest absolute Gasteiger partial charge is 0.466 e. The Balaban J connectivity index is 1.56. The molecule has 0 bridgehead atoms. The fourth-order valence-corrected chi connectivity index (χ4v) is 3.68. The highest BCUT2D eigenvalue weighted by atomic mass is 16.5. The van der Waals surface area contributed by atoms with Gasteiger partial charge in [0.25, 0.3) is 11.6 Å². The van der Waals surface area contributed by atoms with Crippen LogP contribution in [0.1, 0.15) is 33.4 Å². The summed E-state index contributed by atoms with van der Waals surface area (Å²) in [5.41, 5.74) is 3.99. The molecule has 32 heavy (non-hydrogen) atoms. The number of tetrazole rings is 1. The number of benzene rings is 1. The number of nitrogens with zero attached hydrogens (tertiary/aromatic N) is 6. The van der Waals surface area contributed by atoms with E-state index in [4.69, 9.17) is 8.94 Å². The molecule has 0 aliphatic heterocycles. The summed E-state index contributed by atoms with van der Waals surface area (Å²) in [6, 6.07) is 10.9. The van der Waals surface area contributed by atoms with Gasteiger partial charge in [0.2, 0.25) is 0 Å². The fraction of sp³-hybridized carbons (Fsp3) is 0.182. The molecule has 0 aliphatic carbocycles. The zero-order chi connectivity index (χ0) is 22.4. The molecule has 1 N–H and O–H groups in total. The minimum Gasteiger partial charge on any atom is -0.466 e. The van der Waals surface area contributed by atoms with Gasteiger partial charge in [-0.1, -0.05) is 11.2 Å². The third-order valence-corrected chi connectivity index (χ3v) is 5.15. The Morgan fingerprint density at radius 1 is 1.09 bits per heavy atom. The second-order valence-electron chi connectivity index (χ2n) is 7.47. The first-order valence-corrected chi connectivity index (χ1v) is 9.92. The Kier molecular flexibility index (Phi) is 4.54. The Morgan fingerprint density at radius 3 is 2.66 bits per heavy atom. The first-order chi connectivity index (χ1) is 15.4. The second kappa shape index (κ2) is 7.41. The molecule has 5 rings (SSSR count). The van der Waals surface area contributed by atoms with Crippen LogP contribution in [0.3, 0.4) is 0 Å². The van der Waals surface area contributed by atoms with Gasteiger partial charge in [-0.05, 0) is 68.5 Å². The number of aryl methyl sites for hydroxylation is 4. The summed E-state index contributed by atoms with van der Waals surface area (Å²) in [6.07, 6.45) is 0. The summed E-state index contributed by atoms with van der Waals surface area (Å²) >= 11 is 0. The Hall–Kier alpha value is -4.34. The monoisotopic (exact) mass is 429 g/mol. The van der Waals surface area contributed by atoms with Crippen molar-refractivity contribution in [2.45, 2.75) is 27.7 Å². The van der Waals surface area contributed by atoms with E-state index in [1.807, 2.05) is 32.0 Å². The predicted molar refractivity (Wildman–Crippen MR) is 116 cm³/mol. The summed E-state index contributed by atoms with van der Waals surface area (Å²) in [6.45, 7) is 7.29. The molecule has 0 unspecified atom stereocenters. The van der Waals surface area contributed by atoms with E-state index in [2.05, 4.69) is 31.0 Å². The van der Waals surface area contributed by atoms with E-state index in [-0.39, 0.29) is 5.91 Å². The van der Waals surface area contributed by atoms with Crippen LogP contribution < -0.4 is 5.32 Å². The molecule has 10 heteroatoms. The van der Waals surface area contributed by atoms with Crippen LogP contribution in [-0.4, -0.2) is 36.3 Å². The molecular formula is C22H19N7O3. The van der Waals surface area contributed by atoms with Crippen molar-refractivity contribution in [2.75, 3.05) is 5.32 Å². The van der Waals surface area contributed by atoms with E-state index in [0.29, 0.717) is 45.3 Å². The van der Waals surface area contributed by atoms with Gasteiger partial charge in [-0.25, -0.2) is 4.98 Å². The summed E-state index contributed by atoms with van der Waals surface area (Å²) in [4.78, 5) is 17.9. The molecule has 0 aliphatic rings. The molecular weight excluding hydrogens is 410 g/mol. The molecule has 0 atom stereocenters. The standard InChI is InChI=1S/C22H19N7O3/c1-11-8-17(13(3)31-11)19-10-18(20-12(2)26-32-22(20)24-19)21(30)23-15-6-5-7-16(9-15)29-14(4)25-27-28-29/h5-10H,1-4H3,(H,23,30). The number of hydrogen-bond acceptors (Lipinski definition) is 8. The van der Waals surface area contributed by atoms with E-state index in [1.54, 1.807) is 36.7 Å². The Bertz CT molecular complexity index is 1480. The van der Waals surface area contributed by atoms with Gasteiger partial charge < -0.3 is 14.3 Å². The number of pyridine rings is 1. The highest BCUT2D eigenvalue weighted by Crippen LogP contribution is 2.31. The van der Waals surface area contributed by atoms with Crippen LogP contribution in [0.25, 0.3) is 28.0 Å². The van der Waals surface area contributed by atoms with Crippen LogP contribution in [0, 0.1) is 27.7 Å². The normalized spacial score (nSPS) is 11.2. The van der Waals surface area contributed by atoms with Crippen molar-refractivity contribution in [2.24, 2.45) is 0 Å². The minimum absolute atomic E-state index is 0.293. The van der Waals surface area contributed by atoms with Crippen LogP contribution in [0.5, 0.6) is 0 Å². The zero-order valence-electron chi connectivity index (χ0n) is 17.9. The lowest BCUT2D eigenvalue weighted by Gasteiger charge is -2.09. The number of hydrogen-bond donors (Lipinski definition) is 1. The van der Waals surface area contributed by atoms with Gasteiger partial charge in [0.1, 0.15) is 11.5 Å². The Labute approximate surface area is 182 Å². The van der Waals surface area contributed by atoms with Gasteiger partial charge in [0, 0.05) is 11.3 Å². The molecule has 0 fully saturated rings. The van der Waals surface area contributed by atoms with Gasteiger partial charge >= 0.3 is 0 Å². The molecule has 160 valence electrons. The lowest BCUT2D eigenvalue weighted by atomic mass is 10.1. The molecule has 5 aromatic rings. The molecule has 4 aromatic heterocycles. The van der Waals surface area contributed by atoms with Crippen LogP contribution in [0.15, 0.2) is 45.3 Å². The first kappa shape index (κ1) is 19.6. The maximum absolute atomic E-state index is 13.3. The predicted octanol–water partition coefficient (Wildman–Crippen LogP) is 3.94. The lowest BCUT2D eigenvalue weighted by Crippen LogP contribution is -2.13. The highest BCUT2D eigenvalue weighted by Gasteiger charge is 2.21. The van der Waals surface area contributed by atoms with Crippen molar-refractivity contribution in [1.29, 1.82) is 0 Å².